The van der Waals surface area contributed by atoms with Crippen LogP contribution in [0.25, 0.3) is 0 Å². The molecule has 0 saturated heterocycles. The van der Waals surface area contributed by atoms with E-state index in [2.05, 4.69) is 42.0 Å². The summed E-state index contributed by atoms with van der Waals surface area (Å²) in [5.74, 6) is 0.908. The highest BCUT2D eigenvalue weighted by Gasteiger charge is 2.15. The molecule has 0 saturated carbocycles. The van der Waals surface area contributed by atoms with Gasteiger partial charge in [-0.3, -0.25) is 0 Å². The Balaban J connectivity index is 2.16. The summed E-state index contributed by atoms with van der Waals surface area (Å²) in [4.78, 5) is 0. The largest absolute Gasteiger partial charge is 0.493 e. The number of halogens is 2. The van der Waals surface area contributed by atoms with Gasteiger partial charge in [-0.2, -0.15) is 0 Å². The minimum atomic E-state index is -0.279. The Morgan fingerprint density at radius 3 is 2.50 bits per heavy atom. The Hall–Kier alpha value is -1.59. The molecule has 0 amide bonds. The molecule has 0 atom stereocenters. The Kier molecular flexibility index (Phi) is 6.24. The van der Waals surface area contributed by atoms with Gasteiger partial charge < -0.3 is 14.8 Å². The molecule has 0 aliphatic carbocycles. The minimum Gasteiger partial charge on any atom is -0.493 e. The van der Waals surface area contributed by atoms with Crippen LogP contribution < -0.4 is 14.8 Å². The van der Waals surface area contributed by atoms with Gasteiger partial charge in [0, 0.05) is 17.6 Å². The number of hydrogen-bond acceptors (Lipinski definition) is 3. The first-order chi connectivity index (χ1) is 11.3. The van der Waals surface area contributed by atoms with Crippen LogP contribution in [-0.2, 0) is 13.2 Å². The summed E-state index contributed by atoms with van der Waals surface area (Å²) in [6, 6.07) is 10.5. The lowest BCUT2D eigenvalue weighted by Crippen LogP contribution is -2.35. The number of nitrogens with one attached hydrogen (secondary N) is 1. The molecule has 0 bridgehead atoms. The van der Waals surface area contributed by atoms with Gasteiger partial charge in [-0.25, -0.2) is 4.39 Å². The maximum Gasteiger partial charge on any atom is 0.175 e. The van der Waals surface area contributed by atoms with Gasteiger partial charge >= 0.3 is 0 Å². The van der Waals surface area contributed by atoms with Gasteiger partial charge in [0.1, 0.15) is 12.4 Å². The summed E-state index contributed by atoms with van der Waals surface area (Å²) in [5, 5.41) is 3.43. The normalized spacial score (nSPS) is 11.4. The molecule has 5 heteroatoms. The second-order valence-corrected chi connectivity index (χ2v) is 7.45. The van der Waals surface area contributed by atoms with Gasteiger partial charge in [0.2, 0.25) is 0 Å². The second-order valence-electron chi connectivity index (χ2n) is 6.59. The van der Waals surface area contributed by atoms with Gasteiger partial charge in [-0.05, 0) is 60.5 Å². The average molecular weight is 396 g/mol. The Bertz CT molecular complexity index is 698. The van der Waals surface area contributed by atoms with E-state index in [0.29, 0.717) is 23.6 Å². The Morgan fingerprint density at radius 1 is 1.17 bits per heavy atom. The van der Waals surface area contributed by atoms with Crippen molar-refractivity contribution in [2.75, 3.05) is 7.11 Å². The van der Waals surface area contributed by atoms with Gasteiger partial charge in [0.25, 0.3) is 0 Å². The standard InChI is InChI=1S/C19H23BrFNO2/c1-19(2,3)22-11-13-9-15(20)18(17(10-13)23-4)24-12-14-7-5-6-8-16(14)21/h5-10,22H,11-12H2,1-4H3. The molecular formula is C19H23BrFNO2. The third kappa shape index (κ3) is 5.21. The van der Waals surface area contributed by atoms with E-state index >= 15 is 0 Å². The van der Waals surface area contributed by atoms with Crippen molar-refractivity contribution in [1.82, 2.24) is 5.32 Å². The molecule has 130 valence electrons. The van der Waals surface area contributed by atoms with Crippen molar-refractivity contribution >= 4 is 15.9 Å². The summed E-state index contributed by atoms with van der Waals surface area (Å²) >= 11 is 3.52. The van der Waals surface area contributed by atoms with Crippen molar-refractivity contribution in [2.24, 2.45) is 0 Å². The first kappa shape index (κ1) is 18.7. The fraction of sp³-hybridized carbons (Fsp3) is 0.368. The number of ether oxygens (including phenoxy) is 2. The van der Waals surface area contributed by atoms with Crippen LogP contribution in [0.4, 0.5) is 4.39 Å². The summed E-state index contributed by atoms with van der Waals surface area (Å²) < 4.78 is 25.7. The van der Waals surface area contributed by atoms with Crippen LogP contribution in [0.15, 0.2) is 40.9 Å². The molecule has 0 aromatic heterocycles. The predicted molar refractivity (Wildman–Crippen MR) is 98.0 cm³/mol. The summed E-state index contributed by atoms with van der Waals surface area (Å²) in [5.41, 5.74) is 1.61. The highest BCUT2D eigenvalue weighted by molar-refractivity contribution is 9.10. The second kappa shape index (κ2) is 7.99. The first-order valence-electron chi connectivity index (χ1n) is 7.78. The Morgan fingerprint density at radius 2 is 1.88 bits per heavy atom. The number of rotatable bonds is 6. The van der Waals surface area contributed by atoms with E-state index in [9.17, 15) is 4.39 Å². The van der Waals surface area contributed by atoms with E-state index in [-0.39, 0.29) is 18.0 Å². The first-order valence-corrected chi connectivity index (χ1v) is 8.57. The molecule has 24 heavy (non-hydrogen) atoms. The number of methoxy groups -OCH3 is 1. The quantitative estimate of drug-likeness (QED) is 0.740. The molecule has 0 aliphatic rings. The van der Waals surface area contributed by atoms with Crippen molar-refractivity contribution in [3.63, 3.8) is 0 Å². The van der Waals surface area contributed by atoms with Crippen molar-refractivity contribution in [2.45, 2.75) is 39.5 Å². The van der Waals surface area contributed by atoms with Crippen molar-refractivity contribution in [1.29, 1.82) is 0 Å². The lowest BCUT2D eigenvalue weighted by atomic mass is 10.1. The summed E-state index contributed by atoms with van der Waals surface area (Å²) in [7, 11) is 1.60. The summed E-state index contributed by atoms with van der Waals surface area (Å²) in [6.45, 7) is 7.20. The maximum atomic E-state index is 13.7. The third-order valence-electron chi connectivity index (χ3n) is 3.44. The minimum absolute atomic E-state index is 0.0275. The molecule has 2 aromatic carbocycles. The van der Waals surface area contributed by atoms with Crippen molar-refractivity contribution in [3.05, 3.63) is 57.8 Å². The van der Waals surface area contributed by atoms with Gasteiger partial charge in [0.05, 0.1) is 11.6 Å². The molecule has 1 N–H and O–H groups in total. The van der Waals surface area contributed by atoms with Crippen LogP contribution in [0.2, 0.25) is 0 Å². The lowest BCUT2D eigenvalue weighted by molar-refractivity contribution is 0.277. The molecule has 0 aliphatic heterocycles. The molecular weight excluding hydrogens is 373 g/mol. The van der Waals surface area contributed by atoms with Crippen LogP contribution in [0.3, 0.4) is 0 Å². The fourth-order valence-electron chi connectivity index (χ4n) is 2.15. The molecule has 3 nitrogen and oxygen atoms in total. The van der Waals surface area contributed by atoms with Crippen LogP contribution in [0.5, 0.6) is 11.5 Å². The van der Waals surface area contributed by atoms with Gasteiger partial charge in [-0.15, -0.1) is 0 Å². The molecule has 2 aromatic rings. The highest BCUT2D eigenvalue weighted by atomic mass is 79.9. The third-order valence-corrected chi connectivity index (χ3v) is 4.03. The number of benzene rings is 2. The lowest BCUT2D eigenvalue weighted by Gasteiger charge is -2.21. The van der Waals surface area contributed by atoms with Crippen LogP contribution in [0, 0.1) is 5.82 Å². The van der Waals surface area contributed by atoms with Crippen molar-refractivity contribution in [3.8, 4) is 11.5 Å². The van der Waals surface area contributed by atoms with Crippen LogP contribution >= 0.6 is 15.9 Å². The molecule has 0 heterocycles. The van der Waals surface area contributed by atoms with Gasteiger partial charge in [0.15, 0.2) is 11.5 Å². The monoisotopic (exact) mass is 395 g/mol. The number of hydrogen-bond donors (Lipinski definition) is 1. The smallest absolute Gasteiger partial charge is 0.175 e. The van der Waals surface area contributed by atoms with E-state index in [1.807, 2.05) is 12.1 Å². The zero-order chi connectivity index (χ0) is 17.7. The molecule has 0 radical (unpaired) electrons. The highest BCUT2D eigenvalue weighted by Crippen LogP contribution is 2.37. The molecule has 0 fully saturated rings. The molecule has 0 unspecified atom stereocenters. The van der Waals surface area contributed by atoms with Crippen LogP contribution in [0.1, 0.15) is 31.9 Å². The van der Waals surface area contributed by atoms with E-state index in [0.717, 1.165) is 10.0 Å². The zero-order valence-electron chi connectivity index (χ0n) is 14.5. The van der Waals surface area contributed by atoms with E-state index in [1.54, 1.807) is 25.3 Å². The maximum absolute atomic E-state index is 13.7. The fourth-order valence-corrected chi connectivity index (χ4v) is 2.75. The molecule has 2 rings (SSSR count). The topological polar surface area (TPSA) is 30.5 Å². The predicted octanol–water partition coefficient (Wildman–Crippen LogP) is 5.06. The SMILES string of the molecule is COc1cc(CNC(C)(C)C)cc(Br)c1OCc1ccccc1F. The summed E-state index contributed by atoms with van der Waals surface area (Å²) in [6.07, 6.45) is 0. The van der Waals surface area contributed by atoms with E-state index in [4.69, 9.17) is 9.47 Å². The van der Waals surface area contributed by atoms with Crippen LogP contribution in [-0.4, -0.2) is 12.6 Å². The van der Waals surface area contributed by atoms with Crippen molar-refractivity contribution < 1.29 is 13.9 Å². The Labute approximate surface area is 151 Å². The van der Waals surface area contributed by atoms with E-state index in [1.165, 1.54) is 6.07 Å². The van der Waals surface area contributed by atoms with E-state index < -0.39 is 0 Å². The van der Waals surface area contributed by atoms with Gasteiger partial charge in [-0.1, -0.05) is 18.2 Å². The average Bonchev–Trinajstić information content (AvgIpc) is 2.52. The molecule has 0 spiro atoms. The zero-order valence-corrected chi connectivity index (χ0v) is 16.0.